The first-order valence-corrected chi connectivity index (χ1v) is 17.1. The minimum Gasteiger partial charge on any atom is -0.310 e. The first-order chi connectivity index (χ1) is 16.7. The second kappa shape index (κ2) is 15.3. The van der Waals surface area contributed by atoms with E-state index in [0.717, 1.165) is 37.0 Å². The molecule has 1 aliphatic heterocycles. The summed E-state index contributed by atoms with van der Waals surface area (Å²) in [6, 6.07) is 1.35. The number of hydrogen-bond donors (Lipinski definition) is 1. The Bertz CT molecular complexity index is 1030. The van der Waals surface area contributed by atoms with E-state index in [1.54, 1.807) is 6.92 Å². The lowest BCUT2D eigenvalue weighted by Gasteiger charge is -2.27. The lowest BCUT2D eigenvalue weighted by Crippen LogP contribution is -2.33. The Labute approximate surface area is 217 Å². The van der Waals surface area contributed by atoms with E-state index in [1.807, 2.05) is 6.92 Å². The summed E-state index contributed by atoms with van der Waals surface area (Å²) < 4.78 is 55.0. The number of allylic oxidation sites excluding steroid dienone is 2. The van der Waals surface area contributed by atoms with Crippen LogP contribution in [0.15, 0.2) is 31.0 Å². The highest BCUT2D eigenvalue weighted by atomic mass is 32.3. The van der Waals surface area contributed by atoms with Gasteiger partial charge in [0.25, 0.3) is 10.0 Å². The second-order valence-corrected chi connectivity index (χ2v) is 14.9. The van der Waals surface area contributed by atoms with Crippen molar-refractivity contribution in [1.29, 1.82) is 0 Å². The van der Waals surface area contributed by atoms with Crippen molar-refractivity contribution in [1.82, 2.24) is 5.32 Å². The zero-order valence-corrected chi connectivity index (χ0v) is 24.1. The van der Waals surface area contributed by atoms with Crippen molar-refractivity contribution in [3.8, 4) is 0 Å². The van der Waals surface area contributed by atoms with Crippen LogP contribution in [-0.4, -0.2) is 34.8 Å². The average molecular weight is 545 g/mol. The van der Waals surface area contributed by atoms with Crippen LogP contribution in [-0.2, 0) is 19.9 Å². The molecule has 0 spiro atoms. The van der Waals surface area contributed by atoms with E-state index in [4.69, 9.17) is 0 Å². The molecule has 9 heteroatoms. The smallest absolute Gasteiger partial charge is 0.291 e. The predicted molar refractivity (Wildman–Crippen MR) is 148 cm³/mol. The molecule has 1 N–H and O–H groups in total. The third kappa shape index (κ3) is 9.41. The van der Waals surface area contributed by atoms with Gasteiger partial charge in [0, 0.05) is 17.8 Å². The molecule has 2 heterocycles. The summed E-state index contributed by atoms with van der Waals surface area (Å²) in [4.78, 5) is 0. The molecular formula is C26H44N2O4S3. The van der Waals surface area contributed by atoms with Gasteiger partial charge in [-0.25, -0.2) is 8.42 Å². The molecule has 0 amide bonds. The maximum atomic E-state index is 12.7. The molecule has 2 rings (SSSR count). The molecule has 200 valence electrons. The molecule has 0 fully saturated rings. The molecular weight excluding hydrogens is 500 g/mol. The van der Waals surface area contributed by atoms with Crippen LogP contribution < -0.4 is 5.32 Å². The summed E-state index contributed by atoms with van der Waals surface area (Å²) >= 11 is 0.835. The summed E-state index contributed by atoms with van der Waals surface area (Å²) in [7, 11) is -7.39. The van der Waals surface area contributed by atoms with Crippen molar-refractivity contribution < 1.29 is 16.8 Å². The van der Waals surface area contributed by atoms with Crippen LogP contribution >= 0.6 is 11.3 Å². The molecule has 0 saturated heterocycles. The number of rotatable bonds is 17. The van der Waals surface area contributed by atoms with Gasteiger partial charge in [0.1, 0.15) is 8.42 Å². The van der Waals surface area contributed by atoms with Gasteiger partial charge in [-0.1, -0.05) is 64.5 Å². The SMILES string of the molecule is CCCCCC/C=C/CCCCCCCC=NS(=O)(=O)c1cc2c(s1)S(=O)(=O)[C@@H](C)C[C@@H]2NCC. The number of nitrogens with one attached hydrogen (secondary N) is 1. The fourth-order valence-electron chi connectivity index (χ4n) is 4.32. The zero-order valence-electron chi connectivity index (χ0n) is 21.7. The van der Waals surface area contributed by atoms with Crippen molar-refractivity contribution in [2.45, 2.75) is 124 Å². The van der Waals surface area contributed by atoms with Crippen LogP contribution in [0.3, 0.4) is 0 Å². The van der Waals surface area contributed by atoms with Gasteiger partial charge in [-0.05, 0) is 64.5 Å². The van der Waals surface area contributed by atoms with E-state index in [2.05, 4.69) is 28.8 Å². The van der Waals surface area contributed by atoms with Gasteiger partial charge in [-0.3, -0.25) is 0 Å². The van der Waals surface area contributed by atoms with E-state index in [1.165, 1.54) is 57.2 Å². The zero-order chi connectivity index (χ0) is 25.7. The molecule has 0 bridgehead atoms. The maximum absolute atomic E-state index is 12.7. The summed E-state index contributed by atoms with van der Waals surface area (Å²) in [5, 5.41) is 2.74. The van der Waals surface area contributed by atoms with Crippen molar-refractivity contribution in [3.63, 3.8) is 0 Å². The highest BCUT2D eigenvalue weighted by molar-refractivity contribution is 7.96. The number of fused-ring (bicyclic) bond motifs is 1. The Morgan fingerprint density at radius 2 is 1.60 bits per heavy atom. The standard InChI is InChI=1S/C26H44N2O4S3/c1-4-6-7-8-9-10-11-12-13-14-15-16-17-18-19-28-35(31,32)25-21-23-24(27-5-2)20-22(3)34(29,30)26(23)33-25/h10-11,19,21-22,24,27H,4-9,12-18,20H2,1-3H3/b11-10+,28-19?/t22-,24-/m0/s1. The minimum atomic E-state index is -3.89. The highest BCUT2D eigenvalue weighted by Gasteiger charge is 2.39. The monoisotopic (exact) mass is 544 g/mol. The van der Waals surface area contributed by atoms with Gasteiger partial charge in [0.15, 0.2) is 9.84 Å². The lowest BCUT2D eigenvalue weighted by molar-refractivity contribution is 0.477. The first-order valence-electron chi connectivity index (χ1n) is 13.3. The number of unbranched alkanes of at least 4 members (excludes halogenated alkanes) is 10. The van der Waals surface area contributed by atoms with Crippen LogP contribution in [0.1, 0.15) is 116 Å². The molecule has 1 aromatic rings. The number of sulfonamides is 1. The van der Waals surface area contributed by atoms with Crippen molar-refractivity contribution >= 4 is 37.4 Å². The summed E-state index contributed by atoms with van der Waals surface area (Å²) in [6.45, 7) is 6.55. The van der Waals surface area contributed by atoms with E-state index in [0.29, 0.717) is 24.9 Å². The van der Waals surface area contributed by atoms with Gasteiger partial charge in [0.2, 0.25) is 0 Å². The third-order valence-electron chi connectivity index (χ3n) is 6.45. The predicted octanol–water partition coefficient (Wildman–Crippen LogP) is 6.98. The van der Waals surface area contributed by atoms with Crippen LogP contribution in [0.5, 0.6) is 0 Å². The Morgan fingerprint density at radius 1 is 1.00 bits per heavy atom. The Balaban J connectivity index is 1.74. The van der Waals surface area contributed by atoms with Crippen LogP contribution in [0.4, 0.5) is 0 Å². The van der Waals surface area contributed by atoms with Gasteiger partial charge < -0.3 is 5.32 Å². The minimum absolute atomic E-state index is 0.0118. The molecule has 0 radical (unpaired) electrons. The number of thiophene rings is 1. The van der Waals surface area contributed by atoms with E-state index in [-0.39, 0.29) is 14.5 Å². The summed E-state index contributed by atoms with van der Waals surface area (Å²) in [6.07, 6.45) is 20.2. The number of nitrogens with zero attached hydrogens (tertiary/aromatic N) is 1. The topological polar surface area (TPSA) is 92.7 Å². The molecule has 0 aliphatic carbocycles. The first kappa shape index (κ1) is 30.2. The largest absolute Gasteiger partial charge is 0.310 e. The highest BCUT2D eigenvalue weighted by Crippen LogP contribution is 2.43. The van der Waals surface area contributed by atoms with E-state index < -0.39 is 25.1 Å². The fraction of sp³-hybridized carbons (Fsp3) is 0.731. The van der Waals surface area contributed by atoms with E-state index >= 15 is 0 Å². The molecule has 2 atom stereocenters. The molecule has 1 aliphatic rings. The molecule has 0 saturated carbocycles. The molecule has 1 aromatic heterocycles. The van der Waals surface area contributed by atoms with Crippen LogP contribution in [0.2, 0.25) is 0 Å². The molecule has 0 aromatic carbocycles. The normalized spacial score (nSPS) is 20.1. The van der Waals surface area contributed by atoms with Gasteiger partial charge in [-0.15, -0.1) is 11.3 Å². The molecule has 35 heavy (non-hydrogen) atoms. The molecule has 0 unspecified atom stereocenters. The van der Waals surface area contributed by atoms with Gasteiger partial charge in [0.05, 0.1) is 5.25 Å². The van der Waals surface area contributed by atoms with Crippen molar-refractivity contribution in [2.75, 3.05) is 6.54 Å². The Hall–Kier alpha value is -1.03. The molecule has 6 nitrogen and oxygen atoms in total. The quantitative estimate of drug-likeness (QED) is 0.130. The van der Waals surface area contributed by atoms with Crippen molar-refractivity contribution in [3.05, 3.63) is 23.8 Å². The lowest BCUT2D eigenvalue weighted by atomic mass is 10.1. The van der Waals surface area contributed by atoms with Crippen LogP contribution in [0, 0.1) is 0 Å². The number of hydrogen-bond acceptors (Lipinski definition) is 6. The van der Waals surface area contributed by atoms with Gasteiger partial charge in [-0.2, -0.15) is 12.8 Å². The fourth-order valence-corrected chi connectivity index (χ4v) is 9.22. The summed E-state index contributed by atoms with van der Waals surface area (Å²) in [5.74, 6) is 0. The maximum Gasteiger partial charge on any atom is 0.291 e. The van der Waals surface area contributed by atoms with Crippen LogP contribution in [0.25, 0.3) is 0 Å². The average Bonchev–Trinajstić information content (AvgIpc) is 3.28. The van der Waals surface area contributed by atoms with Gasteiger partial charge >= 0.3 is 0 Å². The Kier molecular flexibility index (Phi) is 13.2. The third-order valence-corrected chi connectivity index (χ3v) is 12.1. The Morgan fingerprint density at radius 3 is 2.23 bits per heavy atom. The second-order valence-electron chi connectivity index (χ2n) is 9.44. The summed E-state index contributed by atoms with van der Waals surface area (Å²) in [5.41, 5.74) is 0.565. The number of sulfone groups is 1. The van der Waals surface area contributed by atoms with Crippen molar-refractivity contribution in [2.24, 2.45) is 4.40 Å². The van der Waals surface area contributed by atoms with E-state index in [9.17, 15) is 16.8 Å².